The van der Waals surface area contributed by atoms with E-state index in [0.717, 1.165) is 31.0 Å². The minimum absolute atomic E-state index is 0.847. The third-order valence-corrected chi connectivity index (χ3v) is 4.69. The van der Waals surface area contributed by atoms with Crippen LogP contribution >= 0.6 is 0 Å². The number of para-hydroxylation sites is 1. The summed E-state index contributed by atoms with van der Waals surface area (Å²) in [5, 5.41) is 1.21. The summed E-state index contributed by atoms with van der Waals surface area (Å²) in [7, 11) is 0. The van der Waals surface area contributed by atoms with E-state index in [1.165, 1.54) is 22.1 Å². The average Bonchev–Trinajstić information content (AvgIpc) is 2.99. The highest BCUT2D eigenvalue weighted by molar-refractivity contribution is 5.82. The molecule has 0 radical (unpaired) electrons. The van der Waals surface area contributed by atoms with E-state index in [4.69, 9.17) is 4.42 Å². The van der Waals surface area contributed by atoms with Crippen molar-refractivity contribution in [3.63, 3.8) is 0 Å². The van der Waals surface area contributed by atoms with Gasteiger partial charge in [-0.3, -0.25) is 9.88 Å². The van der Waals surface area contributed by atoms with Gasteiger partial charge in [-0.25, -0.2) is 0 Å². The fraction of sp³-hybridized carbons (Fsp3) is 0.174. The van der Waals surface area contributed by atoms with Gasteiger partial charge in [0, 0.05) is 43.0 Å². The molecule has 3 nitrogen and oxygen atoms in total. The Hall–Kier alpha value is -2.91. The van der Waals surface area contributed by atoms with Crippen LogP contribution in [0, 0.1) is 6.92 Å². The van der Waals surface area contributed by atoms with Crippen LogP contribution < -0.4 is 0 Å². The number of fused-ring (bicyclic) bond motifs is 1. The first-order chi connectivity index (χ1) is 12.8. The van der Waals surface area contributed by atoms with Crippen molar-refractivity contribution in [2.45, 2.75) is 26.6 Å². The Morgan fingerprint density at radius 3 is 2.19 bits per heavy atom. The van der Waals surface area contributed by atoms with Gasteiger partial charge in [-0.15, -0.1) is 0 Å². The first kappa shape index (κ1) is 16.6. The van der Waals surface area contributed by atoms with Gasteiger partial charge in [-0.05, 0) is 36.2 Å². The maximum absolute atomic E-state index is 5.96. The zero-order chi connectivity index (χ0) is 17.8. The summed E-state index contributed by atoms with van der Waals surface area (Å²) < 4.78 is 5.96. The highest BCUT2D eigenvalue weighted by atomic mass is 16.3. The summed E-state index contributed by atoms with van der Waals surface area (Å²) in [4.78, 5) is 6.59. The molecule has 0 N–H and O–H groups in total. The van der Waals surface area contributed by atoms with Crippen LogP contribution in [0.4, 0.5) is 0 Å². The second-order valence-electron chi connectivity index (χ2n) is 6.62. The van der Waals surface area contributed by atoms with E-state index in [-0.39, 0.29) is 0 Å². The average molecular weight is 342 g/mol. The molecule has 130 valence electrons. The van der Waals surface area contributed by atoms with Crippen molar-refractivity contribution >= 4 is 11.0 Å². The summed E-state index contributed by atoms with van der Waals surface area (Å²) >= 11 is 0. The summed E-state index contributed by atoms with van der Waals surface area (Å²) in [6, 6.07) is 23.1. The molecule has 0 unspecified atom stereocenters. The molecule has 0 atom stereocenters. The van der Waals surface area contributed by atoms with Crippen molar-refractivity contribution < 1.29 is 4.42 Å². The van der Waals surface area contributed by atoms with E-state index < -0.39 is 0 Å². The van der Waals surface area contributed by atoms with Gasteiger partial charge < -0.3 is 4.42 Å². The SMILES string of the molecule is Cc1oc2ccccc2c1CN(Cc1ccccc1)Cc1ccncc1. The number of nitrogens with zero attached hydrogens (tertiary/aromatic N) is 2. The van der Waals surface area contributed by atoms with E-state index in [9.17, 15) is 0 Å². The molecule has 0 saturated carbocycles. The molecule has 2 heterocycles. The monoisotopic (exact) mass is 342 g/mol. The predicted octanol–water partition coefficient (Wildman–Crippen LogP) is 5.34. The number of hydrogen-bond acceptors (Lipinski definition) is 3. The number of aromatic nitrogens is 1. The van der Waals surface area contributed by atoms with E-state index in [2.05, 4.69) is 71.4 Å². The van der Waals surface area contributed by atoms with Crippen LogP contribution in [0.25, 0.3) is 11.0 Å². The van der Waals surface area contributed by atoms with Gasteiger partial charge in [0.2, 0.25) is 0 Å². The van der Waals surface area contributed by atoms with Crippen LogP contribution in [0.1, 0.15) is 22.5 Å². The fourth-order valence-electron chi connectivity index (χ4n) is 3.40. The Kier molecular flexibility index (Phi) is 4.80. The maximum Gasteiger partial charge on any atom is 0.134 e. The highest BCUT2D eigenvalue weighted by Gasteiger charge is 2.15. The summed E-state index contributed by atoms with van der Waals surface area (Å²) in [5.74, 6) is 0.999. The molecular formula is C23H22N2O. The standard InChI is InChI=1S/C23H22N2O/c1-18-22(21-9-5-6-10-23(21)26-18)17-25(15-19-7-3-2-4-8-19)16-20-11-13-24-14-12-20/h2-14H,15-17H2,1H3. The third kappa shape index (κ3) is 3.68. The van der Waals surface area contributed by atoms with Crippen molar-refractivity contribution in [2.75, 3.05) is 0 Å². The van der Waals surface area contributed by atoms with E-state index in [0.29, 0.717) is 0 Å². The van der Waals surface area contributed by atoms with Crippen molar-refractivity contribution in [2.24, 2.45) is 0 Å². The molecule has 0 aliphatic rings. The fourth-order valence-corrected chi connectivity index (χ4v) is 3.40. The Morgan fingerprint density at radius 1 is 0.769 bits per heavy atom. The molecule has 0 saturated heterocycles. The second kappa shape index (κ2) is 7.54. The lowest BCUT2D eigenvalue weighted by Gasteiger charge is -2.22. The first-order valence-corrected chi connectivity index (χ1v) is 8.92. The van der Waals surface area contributed by atoms with Gasteiger partial charge in [-0.2, -0.15) is 0 Å². The minimum atomic E-state index is 0.847. The number of aryl methyl sites for hydroxylation is 1. The van der Waals surface area contributed by atoms with Crippen LogP contribution in [-0.4, -0.2) is 9.88 Å². The van der Waals surface area contributed by atoms with Crippen molar-refractivity contribution in [1.29, 1.82) is 0 Å². The largest absolute Gasteiger partial charge is 0.461 e. The molecule has 0 amide bonds. The molecule has 26 heavy (non-hydrogen) atoms. The molecule has 0 aliphatic carbocycles. The van der Waals surface area contributed by atoms with Crippen molar-refractivity contribution in [3.05, 3.63) is 102 Å². The first-order valence-electron chi connectivity index (χ1n) is 8.92. The molecule has 0 fully saturated rings. The quantitative estimate of drug-likeness (QED) is 0.474. The Morgan fingerprint density at radius 2 is 1.42 bits per heavy atom. The smallest absolute Gasteiger partial charge is 0.134 e. The molecule has 4 aromatic rings. The summed E-state index contributed by atoms with van der Waals surface area (Å²) in [5.41, 5.74) is 4.81. The normalized spacial score (nSPS) is 11.3. The zero-order valence-electron chi connectivity index (χ0n) is 14.9. The van der Waals surface area contributed by atoms with Crippen molar-refractivity contribution in [1.82, 2.24) is 9.88 Å². The lowest BCUT2D eigenvalue weighted by Crippen LogP contribution is -2.22. The van der Waals surface area contributed by atoms with Gasteiger partial charge in [0.05, 0.1) is 0 Å². The summed E-state index contributed by atoms with van der Waals surface area (Å²) in [6.45, 7) is 4.67. The van der Waals surface area contributed by atoms with E-state index in [1.807, 2.05) is 24.5 Å². The molecule has 3 heteroatoms. The van der Waals surface area contributed by atoms with Crippen molar-refractivity contribution in [3.8, 4) is 0 Å². The molecule has 4 rings (SSSR count). The van der Waals surface area contributed by atoms with Crippen LogP contribution in [0.3, 0.4) is 0 Å². The Labute approximate surface area is 153 Å². The molecular weight excluding hydrogens is 320 g/mol. The van der Waals surface area contributed by atoms with Gasteiger partial charge in [-0.1, -0.05) is 48.5 Å². The molecule has 0 spiro atoms. The number of rotatable bonds is 6. The van der Waals surface area contributed by atoms with E-state index >= 15 is 0 Å². The van der Waals surface area contributed by atoms with Crippen LogP contribution in [0.5, 0.6) is 0 Å². The van der Waals surface area contributed by atoms with Crippen LogP contribution in [0.2, 0.25) is 0 Å². The summed E-state index contributed by atoms with van der Waals surface area (Å²) in [6.07, 6.45) is 3.71. The maximum atomic E-state index is 5.96. The van der Waals surface area contributed by atoms with Gasteiger partial charge in [0.25, 0.3) is 0 Å². The number of benzene rings is 2. The lowest BCUT2D eigenvalue weighted by molar-refractivity contribution is 0.247. The lowest BCUT2D eigenvalue weighted by atomic mass is 10.1. The van der Waals surface area contributed by atoms with E-state index in [1.54, 1.807) is 0 Å². The number of furan rings is 1. The highest BCUT2D eigenvalue weighted by Crippen LogP contribution is 2.27. The Bertz CT molecular complexity index is 935. The zero-order valence-corrected chi connectivity index (χ0v) is 14.9. The predicted molar refractivity (Wildman–Crippen MR) is 105 cm³/mol. The molecule has 0 bridgehead atoms. The van der Waals surface area contributed by atoms with Gasteiger partial charge in [0.15, 0.2) is 0 Å². The second-order valence-corrected chi connectivity index (χ2v) is 6.62. The van der Waals surface area contributed by atoms with Crippen LogP contribution in [0.15, 0.2) is 83.5 Å². The molecule has 2 aromatic carbocycles. The topological polar surface area (TPSA) is 29.3 Å². The minimum Gasteiger partial charge on any atom is -0.461 e. The van der Waals surface area contributed by atoms with Gasteiger partial charge in [0.1, 0.15) is 11.3 Å². The Balaban J connectivity index is 1.64. The third-order valence-electron chi connectivity index (χ3n) is 4.69. The van der Waals surface area contributed by atoms with Crippen LogP contribution in [-0.2, 0) is 19.6 Å². The number of pyridine rings is 1. The molecule has 0 aliphatic heterocycles. The molecule has 2 aromatic heterocycles. The van der Waals surface area contributed by atoms with Gasteiger partial charge >= 0.3 is 0 Å². The number of hydrogen-bond donors (Lipinski definition) is 0.